The first kappa shape index (κ1) is 19.1. The Balaban J connectivity index is 1.57. The molecule has 0 atom stereocenters. The first-order valence-corrected chi connectivity index (χ1v) is 11.9. The quantitative estimate of drug-likeness (QED) is 0.538. The van der Waals surface area contributed by atoms with Crippen LogP contribution in [0, 0.1) is 0 Å². The van der Waals surface area contributed by atoms with E-state index in [1.807, 2.05) is 43.5 Å². The second kappa shape index (κ2) is 7.12. The average Bonchev–Trinajstić information content (AvgIpc) is 3.66. The number of benzene rings is 1. The van der Waals surface area contributed by atoms with Crippen molar-refractivity contribution in [2.45, 2.75) is 50.3 Å². The highest BCUT2D eigenvalue weighted by atomic mass is 32.2. The molecule has 156 valence electrons. The summed E-state index contributed by atoms with van der Waals surface area (Å²) in [5.41, 5.74) is 4.24. The van der Waals surface area contributed by atoms with Gasteiger partial charge in [-0.1, -0.05) is 13.0 Å². The second-order valence-electron chi connectivity index (χ2n) is 8.08. The fourth-order valence-electron chi connectivity index (χ4n) is 3.84. The molecule has 7 nitrogen and oxygen atoms in total. The van der Waals surface area contributed by atoms with Gasteiger partial charge in [0.15, 0.2) is 0 Å². The number of fused-ring (bicyclic) bond motifs is 1. The summed E-state index contributed by atoms with van der Waals surface area (Å²) in [4.78, 5) is 21.1. The molecule has 0 aliphatic heterocycles. The molecule has 8 heteroatoms. The average molecular weight is 425 g/mol. The number of carbonyl (C=O) groups excluding carboxylic acids is 1. The first-order valence-electron chi connectivity index (χ1n) is 10.4. The number of aryl methyl sites for hydroxylation is 1. The molecule has 30 heavy (non-hydrogen) atoms. The minimum atomic E-state index is -3.31. The molecular formula is C22H24N4O3S. The van der Waals surface area contributed by atoms with Gasteiger partial charge in [0.25, 0.3) is 0 Å². The number of aromatic nitrogens is 2. The Morgan fingerprint density at radius 3 is 2.67 bits per heavy atom. The van der Waals surface area contributed by atoms with Crippen LogP contribution in [0.1, 0.15) is 38.2 Å². The van der Waals surface area contributed by atoms with Gasteiger partial charge < -0.3 is 4.98 Å². The number of pyridine rings is 1. The van der Waals surface area contributed by atoms with Crippen molar-refractivity contribution in [1.82, 2.24) is 9.97 Å². The van der Waals surface area contributed by atoms with Crippen LogP contribution < -0.4 is 9.62 Å². The molecule has 5 rings (SSSR count). The molecule has 1 amide bonds. The van der Waals surface area contributed by atoms with E-state index in [0.717, 1.165) is 59.8 Å². The topological polar surface area (TPSA) is 95.2 Å². The Labute approximate surface area is 175 Å². The van der Waals surface area contributed by atoms with Gasteiger partial charge in [-0.2, -0.15) is 0 Å². The van der Waals surface area contributed by atoms with Gasteiger partial charge in [-0.05, 0) is 73.1 Å². The maximum Gasteiger partial charge on any atom is 0.235 e. The molecule has 2 aliphatic carbocycles. The fraction of sp³-hybridized carbons (Fsp3) is 0.364. The molecule has 2 heterocycles. The highest BCUT2D eigenvalue weighted by molar-refractivity contribution is 7.93. The minimum Gasteiger partial charge on any atom is -0.346 e. The summed E-state index contributed by atoms with van der Waals surface area (Å²) < 4.78 is 27.5. The van der Waals surface area contributed by atoms with Gasteiger partial charge in [-0.15, -0.1) is 0 Å². The number of sulfonamides is 1. The van der Waals surface area contributed by atoms with Gasteiger partial charge in [0.2, 0.25) is 16.4 Å². The second-order valence-corrected chi connectivity index (χ2v) is 10.0. The predicted molar refractivity (Wildman–Crippen MR) is 118 cm³/mol. The van der Waals surface area contributed by atoms with E-state index in [0.29, 0.717) is 17.9 Å². The van der Waals surface area contributed by atoms with E-state index in [1.54, 1.807) is 4.90 Å². The standard InChI is InChI=1S/C22H24N4O3S/c1-2-14-11-15(3-8-20(14)25-30(28,29)17-6-7-17)19-12-21(26(13-27)16-4-5-16)24-22-18(19)9-10-23-22/h3,8-13,16-17,25H,2,4-7H2,1H3,(H,23,24). The van der Waals surface area contributed by atoms with Crippen LogP contribution in [0.4, 0.5) is 11.5 Å². The van der Waals surface area contributed by atoms with E-state index in [9.17, 15) is 13.2 Å². The molecule has 3 aromatic rings. The highest BCUT2D eigenvalue weighted by Gasteiger charge is 2.36. The van der Waals surface area contributed by atoms with Crippen LogP contribution in [0.3, 0.4) is 0 Å². The van der Waals surface area contributed by atoms with Crippen LogP contribution in [-0.2, 0) is 21.2 Å². The van der Waals surface area contributed by atoms with E-state index in [4.69, 9.17) is 0 Å². The third-order valence-corrected chi connectivity index (χ3v) is 7.70. The van der Waals surface area contributed by atoms with Crippen LogP contribution in [0.15, 0.2) is 36.5 Å². The Morgan fingerprint density at radius 1 is 1.20 bits per heavy atom. The summed E-state index contributed by atoms with van der Waals surface area (Å²) >= 11 is 0. The Kier molecular flexibility index (Phi) is 4.54. The lowest BCUT2D eigenvalue weighted by Gasteiger charge is -2.18. The van der Waals surface area contributed by atoms with Crippen molar-refractivity contribution in [3.8, 4) is 11.1 Å². The lowest BCUT2D eigenvalue weighted by molar-refractivity contribution is -0.107. The Bertz CT molecular complexity index is 1230. The molecule has 0 unspecified atom stereocenters. The molecule has 2 fully saturated rings. The number of nitrogens with zero attached hydrogens (tertiary/aromatic N) is 2. The number of aromatic amines is 1. The number of hydrogen-bond donors (Lipinski definition) is 2. The van der Waals surface area contributed by atoms with Crippen molar-refractivity contribution in [2.24, 2.45) is 0 Å². The van der Waals surface area contributed by atoms with E-state index in [-0.39, 0.29) is 11.3 Å². The van der Waals surface area contributed by atoms with Gasteiger partial charge in [-0.3, -0.25) is 14.4 Å². The third-order valence-electron chi connectivity index (χ3n) is 5.85. The van der Waals surface area contributed by atoms with E-state index >= 15 is 0 Å². The molecule has 0 bridgehead atoms. The molecule has 1 aromatic carbocycles. The summed E-state index contributed by atoms with van der Waals surface area (Å²) in [7, 11) is -3.31. The van der Waals surface area contributed by atoms with Crippen molar-refractivity contribution < 1.29 is 13.2 Å². The van der Waals surface area contributed by atoms with Gasteiger partial charge in [-0.25, -0.2) is 13.4 Å². The number of carbonyl (C=O) groups is 1. The van der Waals surface area contributed by atoms with Crippen LogP contribution in [0.2, 0.25) is 0 Å². The van der Waals surface area contributed by atoms with E-state index < -0.39 is 10.0 Å². The molecule has 2 saturated carbocycles. The molecule has 0 spiro atoms. The minimum absolute atomic E-state index is 0.223. The SMILES string of the molecule is CCc1cc(-c2cc(N(C=O)C3CC3)nc3[nH]ccc23)ccc1NS(=O)(=O)C1CC1. The van der Waals surface area contributed by atoms with Crippen molar-refractivity contribution >= 4 is 39.0 Å². The smallest absolute Gasteiger partial charge is 0.235 e. The number of amides is 1. The summed E-state index contributed by atoms with van der Waals surface area (Å²) in [5.74, 6) is 0.633. The van der Waals surface area contributed by atoms with Gasteiger partial charge >= 0.3 is 0 Å². The zero-order chi connectivity index (χ0) is 20.9. The van der Waals surface area contributed by atoms with Crippen LogP contribution >= 0.6 is 0 Å². The molecule has 2 aliphatic rings. The largest absolute Gasteiger partial charge is 0.346 e. The van der Waals surface area contributed by atoms with Gasteiger partial charge in [0.05, 0.1) is 10.9 Å². The van der Waals surface area contributed by atoms with Crippen molar-refractivity contribution in [2.75, 3.05) is 9.62 Å². The lowest BCUT2D eigenvalue weighted by Crippen LogP contribution is -2.24. The molecule has 2 N–H and O–H groups in total. The fourth-order valence-corrected chi connectivity index (χ4v) is 5.27. The van der Waals surface area contributed by atoms with Crippen molar-refractivity contribution in [3.05, 3.63) is 42.1 Å². The summed E-state index contributed by atoms with van der Waals surface area (Å²) in [6.45, 7) is 2.01. The molecular weight excluding hydrogens is 400 g/mol. The van der Waals surface area contributed by atoms with Gasteiger partial charge in [0, 0.05) is 17.6 Å². The number of rotatable bonds is 8. The van der Waals surface area contributed by atoms with Crippen molar-refractivity contribution in [3.63, 3.8) is 0 Å². The van der Waals surface area contributed by atoms with Crippen LogP contribution in [-0.4, -0.2) is 36.1 Å². The predicted octanol–water partition coefficient (Wildman–Crippen LogP) is 3.82. The normalized spacial score (nSPS) is 16.6. The van der Waals surface area contributed by atoms with Crippen LogP contribution in [0.25, 0.3) is 22.2 Å². The third kappa shape index (κ3) is 3.45. The van der Waals surface area contributed by atoms with E-state index in [1.165, 1.54) is 0 Å². The van der Waals surface area contributed by atoms with Crippen molar-refractivity contribution in [1.29, 1.82) is 0 Å². The summed E-state index contributed by atoms with van der Waals surface area (Å²) in [5, 5.41) is 0.703. The summed E-state index contributed by atoms with van der Waals surface area (Å²) in [6.07, 6.45) is 6.84. The maximum atomic E-state index is 12.4. The monoisotopic (exact) mass is 424 g/mol. The Hall–Kier alpha value is -2.87. The zero-order valence-corrected chi connectivity index (χ0v) is 17.6. The lowest BCUT2D eigenvalue weighted by atomic mass is 9.99. The maximum absolute atomic E-state index is 12.4. The molecule has 0 saturated heterocycles. The first-order chi connectivity index (χ1) is 14.5. The summed E-state index contributed by atoms with van der Waals surface area (Å²) in [6, 6.07) is 9.94. The number of H-pyrrole nitrogens is 1. The van der Waals surface area contributed by atoms with Crippen LogP contribution in [0.5, 0.6) is 0 Å². The molecule has 2 aromatic heterocycles. The van der Waals surface area contributed by atoms with Gasteiger partial charge in [0.1, 0.15) is 11.5 Å². The molecule has 0 radical (unpaired) electrons. The number of nitrogens with one attached hydrogen (secondary N) is 2. The highest BCUT2D eigenvalue weighted by Crippen LogP contribution is 2.37. The zero-order valence-electron chi connectivity index (χ0n) is 16.8. The van der Waals surface area contributed by atoms with E-state index in [2.05, 4.69) is 14.7 Å². The Morgan fingerprint density at radius 2 is 2.00 bits per heavy atom. The number of hydrogen-bond acceptors (Lipinski definition) is 4. The number of anilines is 2.